The molecule has 10 unspecified atom stereocenters. The van der Waals surface area contributed by atoms with Crippen LogP contribution >= 0.6 is 0 Å². The number of esters is 1. The van der Waals surface area contributed by atoms with Crippen molar-refractivity contribution in [2.45, 2.75) is 112 Å². The first kappa shape index (κ1) is 22.0. The van der Waals surface area contributed by atoms with Gasteiger partial charge >= 0.3 is 5.97 Å². The second-order valence-corrected chi connectivity index (χ2v) is 13.4. The first-order chi connectivity index (χ1) is 14.6. The number of ether oxygens (including phenoxy) is 1. The molecule has 0 aromatic heterocycles. The van der Waals surface area contributed by atoms with Crippen LogP contribution in [0, 0.1) is 51.8 Å². The fourth-order valence-corrected chi connectivity index (χ4v) is 10.0. The zero-order chi connectivity index (χ0) is 22.2. The molecule has 0 saturated heterocycles. The Labute approximate surface area is 191 Å². The quantitative estimate of drug-likeness (QED) is 0.319. The number of carbonyl (C=O) groups excluding carboxylic acids is 1. The molecule has 0 N–H and O–H groups in total. The highest BCUT2D eigenvalue weighted by Gasteiger charge is 2.62. The molecule has 0 spiro atoms. The van der Waals surface area contributed by atoms with Crippen molar-refractivity contribution in [3.8, 4) is 0 Å². The molecule has 10 atom stereocenters. The van der Waals surface area contributed by atoms with E-state index in [9.17, 15) is 4.79 Å². The Morgan fingerprint density at radius 1 is 0.935 bits per heavy atom. The molecule has 5 aliphatic rings. The Kier molecular flexibility index (Phi) is 5.23. The van der Waals surface area contributed by atoms with Gasteiger partial charge in [0.15, 0.2) is 0 Å². The molecule has 0 aliphatic heterocycles. The van der Waals surface area contributed by atoms with Crippen LogP contribution in [0.3, 0.4) is 0 Å². The Bertz CT molecular complexity index is 769. The van der Waals surface area contributed by atoms with Crippen LogP contribution in [0.25, 0.3) is 0 Å². The minimum Gasteiger partial charge on any atom is -0.462 e. The third-order valence-corrected chi connectivity index (χ3v) is 11.8. The second-order valence-electron chi connectivity index (χ2n) is 13.4. The van der Waals surface area contributed by atoms with E-state index in [2.05, 4.69) is 40.7 Å². The van der Waals surface area contributed by atoms with Gasteiger partial charge in [-0.3, -0.25) is 4.79 Å². The molecular formula is C29H46O2. The van der Waals surface area contributed by atoms with Gasteiger partial charge < -0.3 is 4.74 Å². The molecule has 174 valence electrons. The zero-order valence-electron chi connectivity index (χ0n) is 21.0. The van der Waals surface area contributed by atoms with Crippen molar-refractivity contribution < 1.29 is 9.53 Å². The maximum Gasteiger partial charge on any atom is 0.302 e. The Hall–Kier alpha value is -0.790. The summed E-state index contributed by atoms with van der Waals surface area (Å²) < 4.78 is 5.77. The highest BCUT2D eigenvalue weighted by atomic mass is 16.5. The standard InChI is InChI=1S/C29H46O2/c1-18-9-13-27(4)14-10-23-21(24(27)17-18)7-8-26-28(5)16-12-25(31-20(3)30)19(2)22(28)11-15-29(23,26)6/h7,18-19,22-26H,8-17H2,1-6H3. The summed E-state index contributed by atoms with van der Waals surface area (Å²) in [7, 11) is 0. The van der Waals surface area contributed by atoms with E-state index >= 15 is 0 Å². The second kappa shape index (κ2) is 7.36. The molecule has 0 aromatic rings. The molecule has 4 saturated carbocycles. The lowest BCUT2D eigenvalue weighted by Crippen LogP contribution is -2.59. The lowest BCUT2D eigenvalue weighted by Gasteiger charge is -2.66. The summed E-state index contributed by atoms with van der Waals surface area (Å²) in [5, 5.41) is 0. The Balaban J connectivity index is 1.45. The van der Waals surface area contributed by atoms with E-state index in [-0.39, 0.29) is 12.1 Å². The molecule has 0 aromatic carbocycles. The zero-order valence-corrected chi connectivity index (χ0v) is 21.0. The number of hydrogen-bond donors (Lipinski definition) is 0. The molecule has 5 aliphatic carbocycles. The minimum absolute atomic E-state index is 0.0988. The van der Waals surface area contributed by atoms with Gasteiger partial charge in [-0.15, -0.1) is 0 Å². The van der Waals surface area contributed by atoms with Crippen molar-refractivity contribution in [2.24, 2.45) is 51.8 Å². The van der Waals surface area contributed by atoms with Gasteiger partial charge in [-0.2, -0.15) is 0 Å². The fourth-order valence-electron chi connectivity index (χ4n) is 10.0. The predicted octanol–water partition coefficient (Wildman–Crippen LogP) is 7.57. The van der Waals surface area contributed by atoms with E-state index in [1.807, 2.05) is 5.57 Å². The largest absolute Gasteiger partial charge is 0.462 e. The van der Waals surface area contributed by atoms with Crippen molar-refractivity contribution in [3.05, 3.63) is 11.6 Å². The van der Waals surface area contributed by atoms with Crippen molar-refractivity contribution in [1.29, 1.82) is 0 Å². The van der Waals surface area contributed by atoms with Crippen molar-refractivity contribution in [3.63, 3.8) is 0 Å². The number of rotatable bonds is 1. The minimum atomic E-state index is -0.0988. The van der Waals surface area contributed by atoms with E-state index in [0.29, 0.717) is 28.1 Å². The van der Waals surface area contributed by atoms with Crippen LogP contribution in [0.15, 0.2) is 11.6 Å². The third kappa shape index (κ3) is 3.20. The molecule has 0 amide bonds. The van der Waals surface area contributed by atoms with E-state index in [4.69, 9.17) is 4.74 Å². The normalized spacial score (nSPS) is 53.9. The first-order valence-electron chi connectivity index (χ1n) is 13.5. The molecule has 4 fully saturated rings. The Morgan fingerprint density at radius 2 is 1.65 bits per heavy atom. The SMILES string of the molecule is CC(=O)OC1CCC2(C)C(CCC3(C)C4CCC5(C)CCC(C)CC5C4=CCC32)C1C. The molecule has 0 radical (unpaired) electrons. The number of carbonyl (C=O) groups is 1. The van der Waals surface area contributed by atoms with E-state index in [1.165, 1.54) is 57.8 Å². The van der Waals surface area contributed by atoms with Crippen LogP contribution in [0.2, 0.25) is 0 Å². The molecule has 5 rings (SSSR count). The van der Waals surface area contributed by atoms with E-state index < -0.39 is 0 Å². The predicted molar refractivity (Wildman–Crippen MR) is 126 cm³/mol. The van der Waals surface area contributed by atoms with Gasteiger partial charge in [0.2, 0.25) is 0 Å². The maximum absolute atomic E-state index is 11.7. The van der Waals surface area contributed by atoms with Gasteiger partial charge in [0.1, 0.15) is 6.10 Å². The summed E-state index contributed by atoms with van der Waals surface area (Å²) in [4.78, 5) is 11.7. The average molecular weight is 427 g/mol. The molecule has 0 heterocycles. The summed E-state index contributed by atoms with van der Waals surface area (Å²) in [5.74, 6) is 4.44. The van der Waals surface area contributed by atoms with Gasteiger partial charge in [-0.25, -0.2) is 0 Å². The maximum atomic E-state index is 11.7. The first-order valence-corrected chi connectivity index (χ1v) is 13.5. The topological polar surface area (TPSA) is 26.3 Å². The van der Waals surface area contributed by atoms with Gasteiger partial charge in [0, 0.05) is 6.92 Å². The van der Waals surface area contributed by atoms with Gasteiger partial charge in [-0.1, -0.05) is 52.7 Å². The van der Waals surface area contributed by atoms with Crippen molar-refractivity contribution in [2.75, 3.05) is 0 Å². The summed E-state index contributed by atoms with van der Waals surface area (Å²) in [6, 6.07) is 0. The van der Waals surface area contributed by atoms with Crippen LogP contribution in [0.5, 0.6) is 0 Å². The number of fused-ring (bicyclic) bond motifs is 7. The summed E-state index contributed by atoms with van der Waals surface area (Å²) in [5.41, 5.74) is 3.31. The van der Waals surface area contributed by atoms with Crippen LogP contribution in [0.4, 0.5) is 0 Å². The fraction of sp³-hybridized carbons (Fsp3) is 0.897. The molecule has 0 bridgehead atoms. The van der Waals surface area contributed by atoms with Crippen molar-refractivity contribution >= 4 is 5.97 Å². The highest BCUT2D eigenvalue weighted by Crippen LogP contribution is 2.70. The molecular weight excluding hydrogens is 380 g/mol. The Morgan fingerprint density at radius 3 is 2.39 bits per heavy atom. The average Bonchev–Trinajstić information content (AvgIpc) is 2.70. The summed E-state index contributed by atoms with van der Waals surface area (Å²) >= 11 is 0. The van der Waals surface area contributed by atoms with Gasteiger partial charge in [0.25, 0.3) is 0 Å². The highest BCUT2D eigenvalue weighted by molar-refractivity contribution is 5.66. The van der Waals surface area contributed by atoms with Crippen molar-refractivity contribution in [1.82, 2.24) is 0 Å². The lowest BCUT2D eigenvalue weighted by atomic mass is 9.39. The molecule has 31 heavy (non-hydrogen) atoms. The van der Waals surface area contributed by atoms with Gasteiger partial charge in [-0.05, 0) is 110 Å². The van der Waals surface area contributed by atoms with Crippen LogP contribution in [0.1, 0.15) is 106 Å². The molecule has 2 heteroatoms. The smallest absolute Gasteiger partial charge is 0.302 e. The van der Waals surface area contributed by atoms with Crippen LogP contribution < -0.4 is 0 Å². The lowest BCUT2D eigenvalue weighted by molar-refractivity contribution is -0.176. The van der Waals surface area contributed by atoms with E-state index in [1.54, 1.807) is 6.92 Å². The summed E-state index contributed by atoms with van der Waals surface area (Å²) in [6.45, 7) is 14.4. The van der Waals surface area contributed by atoms with Crippen LogP contribution in [-0.2, 0) is 9.53 Å². The summed E-state index contributed by atoms with van der Waals surface area (Å²) in [6.07, 6.45) is 16.4. The van der Waals surface area contributed by atoms with E-state index in [0.717, 1.165) is 30.1 Å². The number of allylic oxidation sites excluding steroid dienone is 2. The molecule has 2 nitrogen and oxygen atoms in total. The van der Waals surface area contributed by atoms with Crippen LogP contribution in [-0.4, -0.2) is 12.1 Å². The third-order valence-electron chi connectivity index (χ3n) is 11.8. The monoisotopic (exact) mass is 426 g/mol. The van der Waals surface area contributed by atoms with Gasteiger partial charge in [0.05, 0.1) is 0 Å². The number of hydrogen-bond acceptors (Lipinski definition) is 2.